The number of carbonyl (C=O) groups is 1. The van der Waals surface area contributed by atoms with Crippen LogP contribution in [0.25, 0.3) is 6.08 Å². The number of Topliss-reactive ketones (excluding diaryl/α,β-unsaturated/α-hetero) is 1. The van der Waals surface area contributed by atoms with E-state index in [1.807, 2.05) is 18.2 Å². The van der Waals surface area contributed by atoms with Crippen LogP contribution in [-0.4, -0.2) is 25.2 Å². The molecule has 2 rings (SSSR count). The summed E-state index contributed by atoms with van der Waals surface area (Å²) in [7, 11) is -1.91. The van der Waals surface area contributed by atoms with Gasteiger partial charge in [0, 0.05) is 24.4 Å². The third-order valence-corrected chi connectivity index (χ3v) is 9.34. The van der Waals surface area contributed by atoms with E-state index in [1.165, 1.54) is 0 Å². The van der Waals surface area contributed by atoms with E-state index in [0.717, 1.165) is 11.1 Å². The first-order valence-electron chi connectivity index (χ1n) is 7.94. The van der Waals surface area contributed by atoms with E-state index in [2.05, 4.69) is 45.8 Å². The van der Waals surface area contributed by atoms with Gasteiger partial charge in [0.25, 0.3) is 0 Å². The highest BCUT2D eigenvalue weighted by atomic mass is 28.4. The molecule has 1 heterocycles. The van der Waals surface area contributed by atoms with Gasteiger partial charge in [0.05, 0.1) is 6.10 Å². The molecule has 2 atom stereocenters. The molecule has 0 aliphatic heterocycles. The van der Waals surface area contributed by atoms with E-state index in [9.17, 15) is 4.79 Å². The summed E-state index contributed by atoms with van der Waals surface area (Å²) in [5.41, 5.74) is 1.77. The van der Waals surface area contributed by atoms with Crippen LogP contribution < -0.4 is 0 Å². The zero-order chi connectivity index (χ0) is 16.5. The molecule has 0 aromatic carbocycles. The third kappa shape index (κ3) is 3.55. The molecule has 0 N–H and O–H groups in total. The van der Waals surface area contributed by atoms with Crippen LogP contribution in [0, 0.1) is 5.92 Å². The van der Waals surface area contributed by atoms with Crippen molar-refractivity contribution in [2.45, 2.75) is 58.4 Å². The molecule has 120 valence electrons. The van der Waals surface area contributed by atoms with Crippen molar-refractivity contribution in [3.63, 3.8) is 0 Å². The molecule has 1 fully saturated rings. The molecule has 3 nitrogen and oxygen atoms in total. The van der Waals surface area contributed by atoms with Crippen molar-refractivity contribution in [1.29, 1.82) is 0 Å². The second-order valence-electron chi connectivity index (χ2n) is 7.79. The van der Waals surface area contributed by atoms with E-state index >= 15 is 0 Å². The molecular weight excluding hydrogens is 290 g/mol. The Morgan fingerprint density at radius 3 is 2.59 bits per heavy atom. The van der Waals surface area contributed by atoms with Crippen LogP contribution in [0.4, 0.5) is 0 Å². The van der Waals surface area contributed by atoms with E-state index in [0.29, 0.717) is 6.42 Å². The van der Waals surface area contributed by atoms with Crippen molar-refractivity contribution in [3.8, 4) is 0 Å². The zero-order valence-electron chi connectivity index (χ0n) is 14.5. The lowest BCUT2D eigenvalue weighted by Gasteiger charge is -2.39. The van der Waals surface area contributed by atoms with Gasteiger partial charge >= 0.3 is 0 Å². The Kier molecular flexibility index (Phi) is 4.73. The normalized spacial score (nSPS) is 25.0. The van der Waals surface area contributed by atoms with Gasteiger partial charge in [0.1, 0.15) is 0 Å². The quantitative estimate of drug-likeness (QED) is 0.610. The van der Waals surface area contributed by atoms with Gasteiger partial charge in [-0.25, -0.2) is 0 Å². The Bertz CT molecular complexity index is 572. The molecule has 2 unspecified atom stereocenters. The topological polar surface area (TPSA) is 39.2 Å². The lowest BCUT2D eigenvalue weighted by Crippen LogP contribution is -2.45. The molecule has 0 radical (unpaired) electrons. The van der Waals surface area contributed by atoms with E-state index < -0.39 is 8.32 Å². The van der Waals surface area contributed by atoms with Gasteiger partial charge in [-0.05, 0) is 41.8 Å². The lowest BCUT2D eigenvalue weighted by molar-refractivity contribution is -0.114. The van der Waals surface area contributed by atoms with Crippen LogP contribution in [0.15, 0.2) is 30.1 Å². The fourth-order valence-electron chi connectivity index (χ4n) is 2.46. The minimum absolute atomic E-state index is 0.0893. The minimum Gasteiger partial charge on any atom is -0.410 e. The zero-order valence-corrected chi connectivity index (χ0v) is 15.5. The summed E-state index contributed by atoms with van der Waals surface area (Å²) in [6.45, 7) is 13.3. The van der Waals surface area contributed by atoms with E-state index in [-0.39, 0.29) is 22.8 Å². The van der Waals surface area contributed by atoms with Crippen molar-refractivity contribution in [3.05, 3.63) is 35.7 Å². The Balaban J connectivity index is 2.32. The van der Waals surface area contributed by atoms with Crippen molar-refractivity contribution in [2.75, 3.05) is 0 Å². The Morgan fingerprint density at radius 2 is 2.05 bits per heavy atom. The Morgan fingerprint density at radius 1 is 1.36 bits per heavy atom. The summed E-state index contributed by atoms with van der Waals surface area (Å²) < 4.78 is 6.56. The summed E-state index contributed by atoms with van der Waals surface area (Å²) in [5.74, 6) is 0.449. The molecule has 0 saturated heterocycles. The molecule has 1 aliphatic rings. The van der Waals surface area contributed by atoms with Gasteiger partial charge < -0.3 is 4.43 Å². The van der Waals surface area contributed by atoms with Gasteiger partial charge in [-0.3, -0.25) is 9.78 Å². The summed E-state index contributed by atoms with van der Waals surface area (Å²) >= 11 is 0. The molecule has 0 spiro atoms. The number of hydrogen-bond acceptors (Lipinski definition) is 3. The fraction of sp³-hybridized carbons (Fsp3) is 0.556. The highest BCUT2D eigenvalue weighted by Crippen LogP contribution is 2.41. The number of hydrogen-bond donors (Lipinski definition) is 0. The number of ketones is 1. The smallest absolute Gasteiger partial charge is 0.192 e. The number of pyridine rings is 1. The lowest BCUT2D eigenvalue weighted by atomic mass is 10.1. The Labute approximate surface area is 134 Å². The van der Waals surface area contributed by atoms with Crippen LogP contribution in [0.5, 0.6) is 0 Å². The maximum atomic E-state index is 12.4. The molecular formula is C18H27NO2Si. The van der Waals surface area contributed by atoms with Crippen LogP contribution in [0.2, 0.25) is 18.1 Å². The van der Waals surface area contributed by atoms with Crippen LogP contribution >= 0.6 is 0 Å². The maximum absolute atomic E-state index is 12.4. The van der Waals surface area contributed by atoms with Gasteiger partial charge in [-0.15, -0.1) is 0 Å². The summed E-state index contributed by atoms with van der Waals surface area (Å²) in [5, 5.41) is 0.137. The maximum Gasteiger partial charge on any atom is 0.192 e. The van der Waals surface area contributed by atoms with Crippen LogP contribution in [0.3, 0.4) is 0 Å². The minimum atomic E-state index is -1.91. The van der Waals surface area contributed by atoms with Crippen molar-refractivity contribution < 1.29 is 9.22 Å². The third-order valence-electron chi connectivity index (χ3n) is 4.89. The average molecular weight is 318 g/mol. The molecule has 4 heteroatoms. The van der Waals surface area contributed by atoms with Crippen molar-refractivity contribution in [1.82, 2.24) is 4.98 Å². The van der Waals surface area contributed by atoms with E-state index in [1.54, 1.807) is 12.4 Å². The molecule has 1 aliphatic carbocycles. The molecule has 22 heavy (non-hydrogen) atoms. The standard InChI is InChI=1S/C18H27NO2Si/c1-13-10-16(20)15(11-14-8-7-9-19-12-14)17(13)21-22(5,6)18(2,3)4/h7-9,11-13,17H,10H2,1-6H3/b15-11+. The number of aromatic nitrogens is 1. The molecule has 1 saturated carbocycles. The molecule has 1 aromatic heterocycles. The predicted molar refractivity (Wildman–Crippen MR) is 93.1 cm³/mol. The van der Waals surface area contributed by atoms with Gasteiger partial charge in [-0.2, -0.15) is 0 Å². The molecule has 1 aromatic rings. The van der Waals surface area contributed by atoms with Gasteiger partial charge in [0.15, 0.2) is 14.1 Å². The van der Waals surface area contributed by atoms with Crippen molar-refractivity contribution in [2.24, 2.45) is 5.92 Å². The highest BCUT2D eigenvalue weighted by molar-refractivity contribution is 6.74. The summed E-state index contributed by atoms with van der Waals surface area (Å²) in [4.78, 5) is 16.5. The first-order chi connectivity index (χ1) is 10.1. The number of nitrogens with zero attached hydrogens (tertiary/aromatic N) is 1. The van der Waals surface area contributed by atoms with Gasteiger partial charge in [-0.1, -0.05) is 33.8 Å². The fourth-order valence-corrected chi connectivity index (χ4v) is 3.81. The average Bonchev–Trinajstić information content (AvgIpc) is 2.65. The number of carbonyl (C=O) groups excluding carboxylic acids is 1. The van der Waals surface area contributed by atoms with Crippen molar-refractivity contribution >= 4 is 20.2 Å². The number of rotatable bonds is 3. The van der Waals surface area contributed by atoms with Crippen LogP contribution in [0.1, 0.15) is 39.7 Å². The van der Waals surface area contributed by atoms with Crippen LogP contribution in [-0.2, 0) is 9.22 Å². The monoisotopic (exact) mass is 317 g/mol. The summed E-state index contributed by atoms with van der Waals surface area (Å²) in [6.07, 6.45) is 5.97. The van der Waals surface area contributed by atoms with E-state index in [4.69, 9.17) is 4.43 Å². The SMILES string of the molecule is CC1CC(=O)/C(=C\c2cccnc2)C1O[Si](C)(C)C(C)(C)C. The first-order valence-corrected chi connectivity index (χ1v) is 10.9. The molecule has 0 bridgehead atoms. The first kappa shape index (κ1) is 17.1. The van der Waals surface area contributed by atoms with Gasteiger partial charge in [0.2, 0.25) is 0 Å². The second kappa shape index (κ2) is 6.09. The second-order valence-corrected chi connectivity index (χ2v) is 12.5. The summed E-state index contributed by atoms with van der Waals surface area (Å²) in [6, 6.07) is 3.86. The predicted octanol–water partition coefficient (Wildman–Crippen LogP) is 4.46. The largest absolute Gasteiger partial charge is 0.410 e. The highest BCUT2D eigenvalue weighted by Gasteiger charge is 2.44. The Hall–Kier alpha value is -1.26. The molecule has 0 amide bonds.